The molecule has 34 heavy (non-hydrogen) atoms. The summed E-state index contributed by atoms with van der Waals surface area (Å²) in [6.45, 7) is 0.534. The van der Waals surface area contributed by atoms with E-state index in [2.05, 4.69) is 31.2 Å². The minimum absolute atomic E-state index is 0.265. The molecule has 10 heteroatoms. The van der Waals surface area contributed by atoms with E-state index in [9.17, 15) is 4.79 Å². The van der Waals surface area contributed by atoms with E-state index >= 15 is 0 Å². The fraction of sp³-hybridized carbons (Fsp3) is 0.0417. The topological polar surface area (TPSA) is 147 Å². The van der Waals surface area contributed by atoms with E-state index in [1.165, 1.54) is 0 Å². The van der Waals surface area contributed by atoms with Crippen LogP contribution < -0.4 is 11.4 Å². The van der Waals surface area contributed by atoms with Crippen molar-refractivity contribution < 1.29 is 0 Å². The van der Waals surface area contributed by atoms with Crippen LogP contribution in [0.2, 0.25) is 0 Å². The van der Waals surface area contributed by atoms with Crippen LogP contribution in [0.15, 0.2) is 71.8 Å². The van der Waals surface area contributed by atoms with Gasteiger partial charge in [0, 0.05) is 12.4 Å². The number of fused-ring (bicyclic) bond motifs is 2. The summed E-state index contributed by atoms with van der Waals surface area (Å²) in [5, 5.41) is 18.7. The van der Waals surface area contributed by atoms with E-state index in [1.54, 1.807) is 29.2 Å². The molecule has 0 bridgehead atoms. The molecule has 0 atom stereocenters. The highest BCUT2D eigenvalue weighted by molar-refractivity contribution is 5.92. The molecule has 2 aromatic carbocycles. The average Bonchev–Trinajstić information content (AvgIpc) is 3.55. The standard InChI is InChI=1S/C24H17N9O/c25-11-14-1-3-15(4-2-14)13-32-21(7-8-28-32)20-10-22-17(12-27-20)23(26)31-33(22)16-5-6-18-19(9-16)30-24(34)29-18/h1-10,12H,13H2,(H2,26,31)(H2,29,30,34). The van der Waals surface area contributed by atoms with Gasteiger partial charge in [0.05, 0.1) is 57.2 Å². The number of anilines is 1. The molecule has 0 saturated heterocycles. The molecule has 6 rings (SSSR count). The second kappa shape index (κ2) is 7.46. The zero-order valence-electron chi connectivity index (χ0n) is 17.7. The first-order chi connectivity index (χ1) is 16.6. The zero-order valence-corrected chi connectivity index (χ0v) is 17.7. The number of nitriles is 1. The fourth-order valence-electron chi connectivity index (χ4n) is 4.06. The lowest BCUT2D eigenvalue weighted by Crippen LogP contribution is -2.04. The quantitative estimate of drug-likeness (QED) is 0.378. The predicted octanol–water partition coefficient (Wildman–Crippen LogP) is 2.96. The second-order valence-electron chi connectivity index (χ2n) is 7.88. The maximum atomic E-state index is 11.6. The summed E-state index contributed by atoms with van der Waals surface area (Å²) in [6.07, 6.45) is 3.44. The van der Waals surface area contributed by atoms with Crippen LogP contribution in [0.25, 0.3) is 39.0 Å². The second-order valence-corrected chi connectivity index (χ2v) is 7.88. The molecule has 0 spiro atoms. The van der Waals surface area contributed by atoms with Crippen LogP contribution in [0, 0.1) is 11.3 Å². The van der Waals surface area contributed by atoms with Gasteiger partial charge in [-0.1, -0.05) is 12.1 Å². The number of benzene rings is 2. The van der Waals surface area contributed by atoms with Gasteiger partial charge in [-0.05, 0) is 48.0 Å². The molecule has 4 N–H and O–H groups in total. The first kappa shape index (κ1) is 19.5. The average molecular weight is 447 g/mol. The van der Waals surface area contributed by atoms with Crippen molar-refractivity contribution in [3.05, 3.63) is 88.6 Å². The largest absolute Gasteiger partial charge is 0.382 e. The minimum Gasteiger partial charge on any atom is -0.382 e. The molecule has 6 aromatic rings. The van der Waals surface area contributed by atoms with E-state index < -0.39 is 0 Å². The van der Waals surface area contributed by atoms with Gasteiger partial charge < -0.3 is 15.7 Å². The summed E-state index contributed by atoms with van der Waals surface area (Å²) in [4.78, 5) is 21.8. The first-order valence-corrected chi connectivity index (χ1v) is 10.5. The van der Waals surface area contributed by atoms with Crippen molar-refractivity contribution in [1.82, 2.24) is 34.5 Å². The van der Waals surface area contributed by atoms with Gasteiger partial charge in [-0.15, -0.1) is 5.10 Å². The summed E-state index contributed by atoms with van der Waals surface area (Å²) in [6, 6.07) is 18.9. The Bertz CT molecular complexity index is 1780. The molecule has 0 aliphatic heterocycles. The van der Waals surface area contributed by atoms with Gasteiger partial charge in [-0.3, -0.25) is 9.67 Å². The van der Waals surface area contributed by atoms with E-state index in [1.807, 2.05) is 47.1 Å². The fourth-order valence-corrected chi connectivity index (χ4v) is 4.06. The van der Waals surface area contributed by atoms with Crippen molar-refractivity contribution in [3.8, 4) is 23.1 Å². The lowest BCUT2D eigenvalue weighted by molar-refractivity contribution is 0.693. The number of nitrogens with zero attached hydrogens (tertiary/aromatic N) is 6. The molecule has 4 aromatic heterocycles. The summed E-state index contributed by atoms with van der Waals surface area (Å²) in [7, 11) is 0. The Labute approximate surface area is 191 Å². The molecule has 4 heterocycles. The molecule has 0 aliphatic carbocycles. The van der Waals surface area contributed by atoms with Crippen molar-refractivity contribution in [1.29, 1.82) is 5.26 Å². The number of nitrogens with two attached hydrogens (primary N) is 1. The van der Waals surface area contributed by atoms with Gasteiger partial charge in [-0.2, -0.15) is 10.4 Å². The summed E-state index contributed by atoms with van der Waals surface area (Å²) < 4.78 is 3.60. The van der Waals surface area contributed by atoms with E-state index in [0.29, 0.717) is 29.0 Å². The number of rotatable bonds is 4. The number of nitrogen functional groups attached to an aromatic ring is 1. The van der Waals surface area contributed by atoms with E-state index in [0.717, 1.165) is 33.5 Å². The van der Waals surface area contributed by atoms with E-state index in [-0.39, 0.29) is 5.69 Å². The van der Waals surface area contributed by atoms with Crippen LogP contribution in [0.5, 0.6) is 0 Å². The number of H-pyrrole nitrogens is 2. The highest BCUT2D eigenvalue weighted by Gasteiger charge is 2.15. The number of imidazole rings is 1. The van der Waals surface area contributed by atoms with Crippen molar-refractivity contribution in [2.45, 2.75) is 6.54 Å². The smallest absolute Gasteiger partial charge is 0.323 e. The Morgan fingerprint density at radius 2 is 1.85 bits per heavy atom. The highest BCUT2D eigenvalue weighted by Crippen LogP contribution is 2.28. The van der Waals surface area contributed by atoms with E-state index in [4.69, 9.17) is 11.0 Å². The van der Waals surface area contributed by atoms with Crippen molar-refractivity contribution >= 4 is 27.8 Å². The van der Waals surface area contributed by atoms with Gasteiger partial charge in [-0.25, -0.2) is 9.48 Å². The molecule has 0 aliphatic rings. The van der Waals surface area contributed by atoms with Crippen molar-refractivity contribution in [3.63, 3.8) is 0 Å². The third-order valence-electron chi connectivity index (χ3n) is 5.73. The van der Waals surface area contributed by atoms with Crippen LogP contribution in [-0.4, -0.2) is 34.5 Å². The van der Waals surface area contributed by atoms with Crippen LogP contribution >= 0.6 is 0 Å². The SMILES string of the molecule is N#Cc1ccc(Cn2nccc2-c2cc3c(cn2)c(N)nn3-c2ccc3[nH]c(=O)[nH]c3c2)cc1. The normalized spacial score (nSPS) is 11.3. The molecular weight excluding hydrogens is 430 g/mol. The van der Waals surface area contributed by atoms with Crippen molar-refractivity contribution in [2.75, 3.05) is 5.73 Å². The number of pyridine rings is 1. The lowest BCUT2D eigenvalue weighted by atomic mass is 10.1. The lowest BCUT2D eigenvalue weighted by Gasteiger charge is -2.09. The Morgan fingerprint density at radius 1 is 1.03 bits per heavy atom. The minimum atomic E-state index is -0.265. The van der Waals surface area contributed by atoms with Crippen LogP contribution in [0.4, 0.5) is 5.82 Å². The number of nitrogens with one attached hydrogen (secondary N) is 2. The molecule has 164 valence electrons. The summed E-state index contributed by atoms with van der Waals surface area (Å²) in [5.74, 6) is 0.364. The number of hydrogen-bond acceptors (Lipinski definition) is 6. The molecule has 0 unspecified atom stereocenters. The summed E-state index contributed by atoms with van der Waals surface area (Å²) in [5.41, 5.74) is 12.0. The molecule has 10 nitrogen and oxygen atoms in total. The van der Waals surface area contributed by atoms with Gasteiger partial charge in [0.15, 0.2) is 5.82 Å². The monoisotopic (exact) mass is 447 g/mol. The Kier molecular flexibility index (Phi) is 4.28. The molecule has 0 amide bonds. The maximum absolute atomic E-state index is 11.6. The van der Waals surface area contributed by atoms with Crippen molar-refractivity contribution in [2.24, 2.45) is 0 Å². The Hall–Kier alpha value is -5.17. The molecule has 0 saturated carbocycles. The van der Waals surface area contributed by atoms with Gasteiger partial charge in [0.25, 0.3) is 0 Å². The number of aromatic amines is 2. The van der Waals surface area contributed by atoms with Crippen LogP contribution in [-0.2, 0) is 6.54 Å². The van der Waals surface area contributed by atoms with Gasteiger partial charge in [0.1, 0.15) is 0 Å². The zero-order chi connectivity index (χ0) is 23.2. The van der Waals surface area contributed by atoms with Gasteiger partial charge in [0.2, 0.25) is 0 Å². The third-order valence-corrected chi connectivity index (χ3v) is 5.73. The summed E-state index contributed by atoms with van der Waals surface area (Å²) >= 11 is 0. The maximum Gasteiger partial charge on any atom is 0.323 e. The first-order valence-electron chi connectivity index (χ1n) is 10.5. The highest BCUT2D eigenvalue weighted by atomic mass is 16.1. The Morgan fingerprint density at radius 3 is 2.68 bits per heavy atom. The predicted molar refractivity (Wildman–Crippen MR) is 127 cm³/mol. The molecular formula is C24H17N9O. The third kappa shape index (κ3) is 3.20. The number of aromatic nitrogens is 7. The van der Waals surface area contributed by atoms with Gasteiger partial charge >= 0.3 is 5.69 Å². The molecule has 0 fully saturated rings. The Balaban J connectivity index is 1.43. The van der Waals surface area contributed by atoms with Crippen LogP contribution in [0.3, 0.4) is 0 Å². The molecule has 0 radical (unpaired) electrons. The van der Waals surface area contributed by atoms with Crippen LogP contribution in [0.1, 0.15) is 11.1 Å². The number of hydrogen-bond donors (Lipinski definition) is 3.